The molecule has 0 aromatic carbocycles. The summed E-state index contributed by atoms with van der Waals surface area (Å²) in [7, 11) is 0. The topological polar surface area (TPSA) is 104 Å². The maximum atomic E-state index is 5.49. The lowest BCUT2D eigenvalue weighted by molar-refractivity contribution is 0.496. The Kier molecular flexibility index (Phi) is 22.8. The van der Waals surface area contributed by atoms with Crippen LogP contribution < -0.4 is 22.9 Å². The van der Waals surface area contributed by atoms with E-state index in [1.54, 1.807) is 0 Å². The van der Waals surface area contributed by atoms with Crippen molar-refractivity contribution in [2.24, 2.45) is 34.8 Å². The molecule has 22 heavy (non-hydrogen) atoms. The van der Waals surface area contributed by atoms with Crippen LogP contribution in [0, 0.1) is 11.8 Å². The molecule has 0 aliphatic heterocycles. The van der Waals surface area contributed by atoms with Gasteiger partial charge in [-0.15, -0.1) is 0 Å². The first-order chi connectivity index (χ1) is 10.6. The Balaban J connectivity index is 0. The van der Waals surface area contributed by atoms with Crippen molar-refractivity contribution in [1.82, 2.24) is 0 Å². The zero-order chi connectivity index (χ0) is 17.1. The van der Waals surface area contributed by atoms with E-state index in [0.717, 1.165) is 26.2 Å². The van der Waals surface area contributed by atoms with Gasteiger partial charge >= 0.3 is 0 Å². The van der Waals surface area contributed by atoms with Gasteiger partial charge in [-0.2, -0.15) is 0 Å². The van der Waals surface area contributed by atoms with Gasteiger partial charge in [0.15, 0.2) is 0 Å². The van der Waals surface area contributed by atoms with Gasteiger partial charge in [-0.25, -0.2) is 0 Å². The quantitative estimate of drug-likeness (QED) is 0.370. The normalized spacial score (nSPS) is 13.4. The van der Waals surface area contributed by atoms with Gasteiger partial charge in [-0.3, -0.25) is 0 Å². The predicted molar refractivity (Wildman–Crippen MR) is 101 cm³/mol. The van der Waals surface area contributed by atoms with Gasteiger partial charge in [0.1, 0.15) is 0 Å². The van der Waals surface area contributed by atoms with Crippen LogP contribution in [0.1, 0.15) is 78.1 Å². The highest BCUT2D eigenvalue weighted by Gasteiger charge is 1.98. The van der Waals surface area contributed by atoms with E-state index in [0.29, 0.717) is 11.8 Å². The molecular weight excluding hydrogens is 272 g/mol. The van der Waals surface area contributed by atoms with E-state index < -0.39 is 0 Å². The smallest absolute Gasteiger partial charge is 0.00515 e. The summed E-state index contributed by atoms with van der Waals surface area (Å²) < 4.78 is 0. The van der Waals surface area contributed by atoms with E-state index in [2.05, 4.69) is 13.8 Å². The molecule has 2 atom stereocenters. The fourth-order valence-electron chi connectivity index (χ4n) is 2.22. The van der Waals surface area contributed by atoms with Crippen LogP contribution >= 0.6 is 0 Å². The first kappa shape index (κ1) is 24.1. The van der Waals surface area contributed by atoms with Gasteiger partial charge in [-0.1, -0.05) is 52.4 Å². The predicted octanol–water partition coefficient (Wildman–Crippen LogP) is 2.98. The Morgan fingerprint density at radius 2 is 0.818 bits per heavy atom. The van der Waals surface area contributed by atoms with E-state index in [9.17, 15) is 0 Å². The Labute approximate surface area is 139 Å². The zero-order valence-corrected chi connectivity index (χ0v) is 15.4. The summed E-state index contributed by atoms with van der Waals surface area (Å²) in [6, 6.07) is 0. The van der Waals surface area contributed by atoms with E-state index >= 15 is 0 Å². The van der Waals surface area contributed by atoms with Crippen LogP contribution in [-0.2, 0) is 0 Å². The van der Waals surface area contributed by atoms with Crippen molar-refractivity contribution in [3.63, 3.8) is 0 Å². The van der Waals surface area contributed by atoms with Crippen molar-refractivity contribution in [1.29, 1.82) is 0 Å². The van der Waals surface area contributed by atoms with E-state index in [4.69, 9.17) is 22.9 Å². The van der Waals surface area contributed by atoms with Crippen LogP contribution in [0.2, 0.25) is 0 Å². The number of unbranched alkanes of at least 4 members (excludes halogenated alkanes) is 6. The fourth-order valence-corrected chi connectivity index (χ4v) is 2.22. The summed E-state index contributed by atoms with van der Waals surface area (Å²) in [5.74, 6) is 1.40. The highest BCUT2D eigenvalue weighted by Crippen LogP contribution is 2.09. The molecule has 0 fully saturated rings. The largest absolute Gasteiger partial charge is 0.330 e. The van der Waals surface area contributed by atoms with Crippen molar-refractivity contribution in [2.75, 3.05) is 26.2 Å². The maximum Gasteiger partial charge on any atom is -0.00515 e. The second-order valence-electron chi connectivity index (χ2n) is 6.66. The van der Waals surface area contributed by atoms with Gasteiger partial charge in [0.05, 0.1) is 0 Å². The molecule has 0 spiro atoms. The SMILES string of the molecule is CC(CN)CCCCCCN.CC(CN)CCCCCCN. The summed E-state index contributed by atoms with van der Waals surface area (Å²) >= 11 is 0. The molecule has 0 aliphatic carbocycles. The van der Waals surface area contributed by atoms with E-state index in [-0.39, 0.29) is 0 Å². The third-order valence-corrected chi connectivity index (χ3v) is 4.11. The minimum absolute atomic E-state index is 0.702. The lowest BCUT2D eigenvalue weighted by Crippen LogP contribution is -2.10. The number of hydrogen-bond acceptors (Lipinski definition) is 4. The molecule has 0 saturated carbocycles. The highest BCUT2D eigenvalue weighted by atomic mass is 14.5. The number of nitrogens with two attached hydrogens (primary N) is 4. The molecule has 0 aliphatic rings. The Hall–Kier alpha value is -0.160. The Morgan fingerprint density at radius 1 is 0.500 bits per heavy atom. The van der Waals surface area contributed by atoms with Crippen molar-refractivity contribution in [2.45, 2.75) is 78.1 Å². The van der Waals surface area contributed by atoms with Crippen molar-refractivity contribution in [3.8, 4) is 0 Å². The van der Waals surface area contributed by atoms with Crippen molar-refractivity contribution < 1.29 is 0 Å². The number of hydrogen-bond donors (Lipinski definition) is 4. The third-order valence-electron chi connectivity index (χ3n) is 4.11. The lowest BCUT2D eigenvalue weighted by Gasteiger charge is -2.06. The molecule has 0 aromatic rings. The Bertz CT molecular complexity index is 168. The van der Waals surface area contributed by atoms with Gasteiger partial charge in [0.2, 0.25) is 0 Å². The molecule has 136 valence electrons. The first-order valence-electron chi connectivity index (χ1n) is 9.42. The summed E-state index contributed by atoms with van der Waals surface area (Å²) in [5.41, 5.74) is 21.7. The van der Waals surface area contributed by atoms with Gasteiger partial charge in [0, 0.05) is 0 Å². The average Bonchev–Trinajstić information content (AvgIpc) is 2.54. The van der Waals surface area contributed by atoms with Crippen LogP contribution in [-0.4, -0.2) is 26.2 Å². The van der Waals surface area contributed by atoms with Crippen LogP contribution in [0.25, 0.3) is 0 Å². The number of rotatable bonds is 14. The molecule has 4 heteroatoms. The molecule has 0 heterocycles. The van der Waals surface area contributed by atoms with Crippen LogP contribution in [0.3, 0.4) is 0 Å². The van der Waals surface area contributed by atoms with Crippen LogP contribution in [0.4, 0.5) is 0 Å². The molecule has 4 nitrogen and oxygen atoms in total. The zero-order valence-electron chi connectivity index (χ0n) is 15.4. The molecule has 0 bridgehead atoms. The van der Waals surface area contributed by atoms with Crippen LogP contribution in [0.5, 0.6) is 0 Å². The van der Waals surface area contributed by atoms with E-state index in [1.807, 2.05) is 0 Å². The molecular formula is C18H44N4. The second kappa shape index (κ2) is 20.8. The van der Waals surface area contributed by atoms with Crippen LogP contribution in [0.15, 0.2) is 0 Å². The Morgan fingerprint density at radius 3 is 1.09 bits per heavy atom. The monoisotopic (exact) mass is 316 g/mol. The van der Waals surface area contributed by atoms with E-state index in [1.165, 1.54) is 64.2 Å². The summed E-state index contributed by atoms with van der Waals surface area (Å²) in [6.45, 7) is 7.76. The van der Waals surface area contributed by atoms with Crippen molar-refractivity contribution >= 4 is 0 Å². The summed E-state index contributed by atoms with van der Waals surface area (Å²) in [6.07, 6.45) is 12.8. The second-order valence-corrected chi connectivity index (χ2v) is 6.66. The molecule has 0 amide bonds. The molecule has 0 aromatic heterocycles. The first-order valence-corrected chi connectivity index (χ1v) is 9.42. The average molecular weight is 317 g/mol. The minimum atomic E-state index is 0.702. The maximum absolute atomic E-state index is 5.49. The molecule has 0 rings (SSSR count). The van der Waals surface area contributed by atoms with Gasteiger partial charge in [-0.05, 0) is 63.7 Å². The molecule has 0 saturated heterocycles. The molecule has 2 unspecified atom stereocenters. The molecule has 8 N–H and O–H groups in total. The third kappa shape index (κ3) is 22.1. The fraction of sp³-hybridized carbons (Fsp3) is 1.00. The molecule has 0 radical (unpaired) electrons. The van der Waals surface area contributed by atoms with Crippen molar-refractivity contribution in [3.05, 3.63) is 0 Å². The lowest BCUT2D eigenvalue weighted by atomic mass is 10.0. The standard InChI is InChI=1S/2C9H22N2/c2*1-9(8-11)6-4-2-3-5-7-10/h2*9H,2-8,10-11H2,1H3. The van der Waals surface area contributed by atoms with Gasteiger partial charge in [0.25, 0.3) is 0 Å². The summed E-state index contributed by atoms with van der Waals surface area (Å²) in [4.78, 5) is 0. The summed E-state index contributed by atoms with van der Waals surface area (Å²) in [5, 5.41) is 0. The highest BCUT2D eigenvalue weighted by molar-refractivity contribution is 4.54. The minimum Gasteiger partial charge on any atom is -0.330 e. The van der Waals surface area contributed by atoms with Gasteiger partial charge < -0.3 is 22.9 Å².